The normalized spacial score (nSPS) is 44.7. The van der Waals surface area contributed by atoms with Crippen molar-refractivity contribution < 1.29 is 19.7 Å². The van der Waals surface area contributed by atoms with Gasteiger partial charge in [-0.1, -0.05) is 13.8 Å². The van der Waals surface area contributed by atoms with Gasteiger partial charge in [0, 0.05) is 61.9 Å². The van der Waals surface area contributed by atoms with Crippen molar-refractivity contribution in [2.75, 3.05) is 59.1 Å². The molecule has 0 aromatic heterocycles. The number of nitrogens with zero attached hydrogens (tertiary/aromatic N) is 1. The van der Waals surface area contributed by atoms with Gasteiger partial charge in [0.15, 0.2) is 0 Å². The van der Waals surface area contributed by atoms with E-state index in [4.69, 9.17) is 4.74 Å². The number of morpholine rings is 1. The van der Waals surface area contributed by atoms with Crippen LogP contribution >= 0.6 is 11.8 Å². The van der Waals surface area contributed by atoms with Crippen LogP contribution in [-0.4, -0.2) is 109 Å². The Morgan fingerprint density at radius 1 is 1.24 bits per heavy atom. The molecule has 6 N–H and O–H groups in total. The zero-order valence-corrected chi connectivity index (χ0v) is 23.5. The summed E-state index contributed by atoms with van der Waals surface area (Å²) in [5.41, 5.74) is -0.489. The van der Waals surface area contributed by atoms with E-state index in [9.17, 15) is 15.0 Å². The summed E-state index contributed by atoms with van der Waals surface area (Å²) in [4.78, 5) is 15.7. The summed E-state index contributed by atoms with van der Waals surface area (Å²) in [6.45, 7) is 11.4. The molecule has 2 aliphatic carbocycles. The van der Waals surface area contributed by atoms with Crippen molar-refractivity contribution >= 4 is 17.7 Å². The van der Waals surface area contributed by atoms with Crippen LogP contribution in [0, 0.1) is 22.7 Å². The predicted octanol–water partition coefficient (Wildman–Crippen LogP) is 0.319. The highest BCUT2D eigenvalue weighted by Crippen LogP contribution is 2.63. The molecule has 4 unspecified atom stereocenters. The monoisotopic (exact) mass is 539 g/mol. The van der Waals surface area contributed by atoms with E-state index in [-0.39, 0.29) is 41.3 Å². The zero-order chi connectivity index (χ0) is 26.0. The Labute approximate surface area is 226 Å². The minimum atomic E-state index is -0.539. The molecule has 0 spiro atoms. The smallest absolute Gasteiger partial charge is 0.220 e. The second kappa shape index (κ2) is 12.0. The minimum Gasteiger partial charge on any atom is -0.396 e. The standard InChI is InChI=1S/C27H49N5O4S/c1-26-6-5-22(34)27(2,17-33)21(26)15-20-24(31-25(37-20)30-18-4-3-7-28-16-18)19(26)14-23(35)29-8-9-32-10-12-36-13-11-32/h18-22,24-25,28,30-31,33-34H,3-17H2,1-2H3,(H,29,35)/t18?,19-,20?,21+,22-,24?,25?,26+,27+/m1/s1. The molecule has 5 rings (SSSR count). The summed E-state index contributed by atoms with van der Waals surface area (Å²) in [6.07, 6.45) is 4.90. The van der Waals surface area contributed by atoms with Crippen molar-refractivity contribution in [3.63, 3.8) is 0 Å². The second-order valence-corrected chi connectivity index (χ2v) is 13.9. The lowest BCUT2D eigenvalue weighted by molar-refractivity contribution is -0.167. The summed E-state index contributed by atoms with van der Waals surface area (Å²) in [5, 5.41) is 36.3. The zero-order valence-electron chi connectivity index (χ0n) is 22.7. The summed E-state index contributed by atoms with van der Waals surface area (Å²) in [5.74, 6) is 0.447. The van der Waals surface area contributed by atoms with E-state index in [0.717, 1.165) is 58.8 Å². The number of carbonyl (C=O) groups excluding carboxylic acids is 1. The van der Waals surface area contributed by atoms with Gasteiger partial charge in [-0.2, -0.15) is 0 Å². The van der Waals surface area contributed by atoms with E-state index in [2.05, 4.69) is 40.0 Å². The van der Waals surface area contributed by atoms with Gasteiger partial charge in [0.05, 0.1) is 25.9 Å². The number of nitrogens with one attached hydrogen (secondary N) is 4. The quantitative estimate of drug-likeness (QED) is 0.259. The first-order chi connectivity index (χ1) is 17.8. The number of ether oxygens (including phenoxy) is 1. The molecular formula is C27H49N5O4S. The fourth-order valence-electron chi connectivity index (χ4n) is 8.04. The van der Waals surface area contributed by atoms with Gasteiger partial charge >= 0.3 is 0 Å². The fourth-order valence-corrected chi connectivity index (χ4v) is 9.64. The van der Waals surface area contributed by atoms with Gasteiger partial charge in [0.2, 0.25) is 5.91 Å². The molecule has 37 heavy (non-hydrogen) atoms. The van der Waals surface area contributed by atoms with E-state index in [1.165, 1.54) is 12.8 Å². The number of carbonyl (C=O) groups is 1. The molecule has 0 aromatic carbocycles. The number of rotatable bonds is 8. The van der Waals surface area contributed by atoms with E-state index in [1.54, 1.807) is 0 Å². The molecular weight excluding hydrogens is 490 g/mol. The van der Waals surface area contributed by atoms with Gasteiger partial charge in [-0.05, 0) is 55.9 Å². The number of thioether (sulfide) groups is 1. The van der Waals surface area contributed by atoms with Gasteiger partial charge in [0.25, 0.3) is 0 Å². The maximum atomic E-state index is 13.3. The number of hydrogen-bond acceptors (Lipinski definition) is 9. The van der Waals surface area contributed by atoms with E-state index in [1.807, 2.05) is 11.8 Å². The number of aliphatic hydroxyl groups is 2. The van der Waals surface area contributed by atoms with E-state index < -0.39 is 11.5 Å². The average Bonchev–Trinajstić information content (AvgIpc) is 3.31. The highest BCUT2D eigenvalue weighted by molar-refractivity contribution is 8.00. The third kappa shape index (κ3) is 5.87. The maximum absolute atomic E-state index is 13.3. The van der Waals surface area contributed by atoms with Crippen LogP contribution < -0.4 is 21.3 Å². The van der Waals surface area contributed by atoms with Crippen molar-refractivity contribution in [3.05, 3.63) is 0 Å². The van der Waals surface area contributed by atoms with Crippen molar-refractivity contribution in [3.8, 4) is 0 Å². The Balaban J connectivity index is 1.29. The van der Waals surface area contributed by atoms with Crippen LogP contribution in [0.1, 0.15) is 52.4 Å². The number of fused-ring (bicyclic) bond motifs is 2. The topological polar surface area (TPSA) is 118 Å². The van der Waals surface area contributed by atoms with Crippen LogP contribution in [0.3, 0.4) is 0 Å². The molecule has 10 heteroatoms. The number of aliphatic hydroxyl groups excluding tert-OH is 2. The summed E-state index contributed by atoms with van der Waals surface area (Å²) >= 11 is 1.96. The Morgan fingerprint density at radius 3 is 2.78 bits per heavy atom. The molecule has 0 aromatic rings. The highest BCUT2D eigenvalue weighted by atomic mass is 32.2. The molecule has 2 saturated carbocycles. The lowest BCUT2D eigenvalue weighted by Crippen LogP contribution is -2.64. The van der Waals surface area contributed by atoms with Crippen LogP contribution in [0.5, 0.6) is 0 Å². The largest absolute Gasteiger partial charge is 0.396 e. The number of hydrogen-bond donors (Lipinski definition) is 6. The van der Waals surface area contributed by atoms with Crippen molar-refractivity contribution in [1.82, 2.24) is 26.2 Å². The Kier molecular flexibility index (Phi) is 9.08. The minimum absolute atomic E-state index is 0.0161. The molecule has 3 saturated heterocycles. The lowest BCUT2D eigenvalue weighted by Gasteiger charge is -2.61. The molecule has 9 atom stereocenters. The van der Waals surface area contributed by atoms with E-state index in [0.29, 0.717) is 30.7 Å². The van der Waals surface area contributed by atoms with Gasteiger partial charge < -0.3 is 25.6 Å². The molecule has 0 radical (unpaired) electrons. The van der Waals surface area contributed by atoms with Crippen LogP contribution in [0.15, 0.2) is 0 Å². The molecule has 9 nitrogen and oxygen atoms in total. The van der Waals surface area contributed by atoms with Gasteiger partial charge in [-0.15, -0.1) is 11.8 Å². The van der Waals surface area contributed by atoms with Crippen LogP contribution in [0.4, 0.5) is 0 Å². The van der Waals surface area contributed by atoms with Crippen molar-refractivity contribution in [2.45, 2.75) is 81.3 Å². The Morgan fingerprint density at radius 2 is 2.05 bits per heavy atom. The first kappa shape index (κ1) is 28.1. The molecule has 5 aliphatic rings. The fraction of sp³-hybridized carbons (Fsp3) is 0.963. The summed E-state index contributed by atoms with van der Waals surface area (Å²) in [6, 6.07) is 0.701. The first-order valence-corrected chi connectivity index (χ1v) is 15.5. The maximum Gasteiger partial charge on any atom is 0.220 e. The summed E-state index contributed by atoms with van der Waals surface area (Å²) in [7, 11) is 0. The highest BCUT2D eigenvalue weighted by Gasteiger charge is 2.62. The van der Waals surface area contributed by atoms with Crippen LogP contribution in [0.2, 0.25) is 0 Å². The Bertz CT molecular complexity index is 782. The molecule has 3 aliphatic heterocycles. The second-order valence-electron chi connectivity index (χ2n) is 12.6. The lowest BCUT2D eigenvalue weighted by atomic mass is 9.46. The van der Waals surface area contributed by atoms with Gasteiger partial charge in [-0.3, -0.25) is 20.3 Å². The third-order valence-corrected chi connectivity index (χ3v) is 11.8. The summed E-state index contributed by atoms with van der Waals surface area (Å²) < 4.78 is 5.44. The van der Waals surface area contributed by atoms with Crippen molar-refractivity contribution in [2.24, 2.45) is 22.7 Å². The average molecular weight is 540 g/mol. The molecule has 0 bridgehead atoms. The molecule has 212 valence electrons. The molecule has 3 heterocycles. The third-order valence-electron chi connectivity index (χ3n) is 10.4. The van der Waals surface area contributed by atoms with Gasteiger partial charge in [-0.25, -0.2) is 0 Å². The SMILES string of the molecule is C[C@]1(CO)[C@H]2CC3SC(NC4CCCNC4)NC3[C@@H](CC(=O)NCCN3CCOCC3)[C@]2(C)CC[C@H]1O. The predicted molar refractivity (Wildman–Crippen MR) is 146 cm³/mol. The Hall–Kier alpha value is -0.460. The first-order valence-electron chi connectivity index (χ1n) is 14.6. The van der Waals surface area contributed by atoms with E-state index >= 15 is 0 Å². The van der Waals surface area contributed by atoms with Gasteiger partial charge in [0.1, 0.15) is 5.50 Å². The molecule has 1 amide bonds. The molecule has 5 fully saturated rings. The van der Waals surface area contributed by atoms with Crippen LogP contribution in [-0.2, 0) is 9.53 Å². The number of piperidine rings is 1. The van der Waals surface area contributed by atoms with Crippen molar-refractivity contribution in [1.29, 1.82) is 0 Å². The van der Waals surface area contributed by atoms with Crippen LogP contribution in [0.25, 0.3) is 0 Å². The number of amides is 1.